The molecule has 0 N–H and O–H groups in total. The van der Waals surface area contributed by atoms with Crippen molar-refractivity contribution in [3.8, 4) is 0 Å². The van der Waals surface area contributed by atoms with Gasteiger partial charge in [0, 0.05) is 12.1 Å². The number of Topliss-reactive ketones (excluding diaryl/α,β-unsaturated/α-hetero) is 1. The lowest BCUT2D eigenvalue weighted by Gasteiger charge is -2.21. The molecule has 0 spiro atoms. The molecule has 116 valence electrons. The van der Waals surface area contributed by atoms with Crippen LogP contribution in [0.25, 0.3) is 0 Å². The molecule has 0 radical (unpaired) electrons. The van der Waals surface area contributed by atoms with Gasteiger partial charge in [0.25, 0.3) is 0 Å². The van der Waals surface area contributed by atoms with Gasteiger partial charge in [0.05, 0.1) is 18.2 Å². The van der Waals surface area contributed by atoms with Gasteiger partial charge < -0.3 is 0 Å². The molecule has 3 rings (SSSR count). The van der Waals surface area contributed by atoms with E-state index in [0.29, 0.717) is 24.2 Å². The monoisotopic (exact) mass is 288 g/mol. The molecule has 1 heterocycles. The lowest BCUT2D eigenvalue weighted by Crippen LogP contribution is -2.17. The minimum atomic E-state index is 0.298. The van der Waals surface area contributed by atoms with Crippen molar-refractivity contribution >= 4 is 5.78 Å². The summed E-state index contributed by atoms with van der Waals surface area (Å²) in [6, 6.07) is 2.63. The molecule has 2 aliphatic carbocycles. The zero-order valence-electron chi connectivity index (χ0n) is 13.1. The van der Waals surface area contributed by atoms with Crippen LogP contribution in [0.4, 0.5) is 0 Å². The molecule has 0 aromatic carbocycles. The number of hydrogen-bond acceptors (Lipinski definition) is 2. The number of carbonyl (C=O) groups is 1. The summed E-state index contributed by atoms with van der Waals surface area (Å²) in [6.45, 7) is 0. The molecule has 1 aromatic rings. The first kappa shape index (κ1) is 14.8. The number of nitrogens with zero attached hydrogens (tertiary/aromatic N) is 2. The Balaban J connectivity index is 1.57. The molecular formula is C18H28N2O. The Labute approximate surface area is 128 Å². The van der Waals surface area contributed by atoms with E-state index in [1.54, 1.807) is 0 Å². The van der Waals surface area contributed by atoms with E-state index in [1.807, 2.05) is 0 Å². The highest BCUT2D eigenvalue weighted by Gasteiger charge is 2.22. The molecule has 0 unspecified atom stereocenters. The molecule has 0 amide bonds. The Bertz CT molecular complexity index is 452. The van der Waals surface area contributed by atoms with E-state index < -0.39 is 0 Å². The highest BCUT2D eigenvalue weighted by molar-refractivity contribution is 5.82. The van der Waals surface area contributed by atoms with Gasteiger partial charge >= 0.3 is 0 Å². The summed E-state index contributed by atoms with van der Waals surface area (Å²) in [5.41, 5.74) is 0.981. The standard InChI is InChI=1S/C18H28N2O/c21-18(15-8-4-1-2-5-9-15)14-16-12-13-20(19-16)17-10-6-3-7-11-17/h12-13,15,17H,1-11,14H2. The van der Waals surface area contributed by atoms with Gasteiger partial charge in [-0.15, -0.1) is 0 Å². The third kappa shape index (κ3) is 3.96. The maximum absolute atomic E-state index is 12.5. The molecule has 0 aliphatic heterocycles. The molecular weight excluding hydrogens is 260 g/mol. The largest absolute Gasteiger partial charge is 0.299 e. The van der Waals surface area contributed by atoms with Crippen LogP contribution in [-0.2, 0) is 11.2 Å². The SMILES string of the molecule is O=C(Cc1ccn(C2CCCCC2)n1)C1CCCCCC1. The predicted octanol–water partition coefficient (Wildman–Crippen LogP) is 4.47. The van der Waals surface area contributed by atoms with E-state index in [0.717, 1.165) is 18.5 Å². The van der Waals surface area contributed by atoms with Crippen LogP contribution < -0.4 is 0 Å². The second kappa shape index (κ2) is 7.24. The second-order valence-corrected chi connectivity index (χ2v) is 6.91. The average Bonchev–Trinajstić information content (AvgIpc) is 2.81. The summed E-state index contributed by atoms with van der Waals surface area (Å²) in [5, 5.41) is 4.69. The minimum Gasteiger partial charge on any atom is -0.299 e. The fraction of sp³-hybridized carbons (Fsp3) is 0.778. The lowest BCUT2D eigenvalue weighted by molar-refractivity contribution is -0.122. The molecule has 2 fully saturated rings. The number of ketones is 1. The highest BCUT2D eigenvalue weighted by atomic mass is 16.1. The van der Waals surface area contributed by atoms with Crippen molar-refractivity contribution in [1.29, 1.82) is 0 Å². The molecule has 2 saturated carbocycles. The van der Waals surface area contributed by atoms with E-state index in [1.165, 1.54) is 57.8 Å². The number of carbonyl (C=O) groups excluding carboxylic acids is 1. The third-order valence-corrected chi connectivity index (χ3v) is 5.28. The quantitative estimate of drug-likeness (QED) is 0.766. The van der Waals surface area contributed by atoms with Gasteiger partial charge in [0.15, 0.2) is 0 Å². The Hall–Kier alpha value is -1.12. The molecule has 3 heteroatoms. The summed E-state index contributed by atoms with van der Waals surface area (Å²) in [6.07, 6.45) is 16.4. The minimum absolute atomic E-state index is 0.298. The predicted molar refractivity (Wildman–Crippen MR) is 84.3 cm³/mol. The fourth-order valence-electron chi connectivity index (χ4n) is 3.94. The molecule has 21 heavy (non-hydrogen) atoms. The second-order valence-electron chi connectivity index (χ2n) is 6.91. The molecule has 0 saturated heterocycles. The van der Waals surface area contributed by atoms with Crippen molar-refractivity contribution in [3.63, 3.8) is 0 Å². The van der Waals surface area contributed by atoms with E-state index in [9.17, 15) is 4.79 Å². The van der Waals surface area contributed by atoms with E-state index in [4.69, 9.17) is 0 Å². The smallest absolute Gasteiger partial charge is 0.141 e. The number of hydrogen-bond donors (Lipinski definition) is 0. The molecule has 2 aliphatic rings. The first-order valence-electron chi connectivity index (χ1n) is 8.89. The normalized spacial score (nSPS) is 22.1. The van der Waals surface area contributed by atoms with Gasteiger partial charge in [-0.1, -0.05) is 44.9 Å². The lowest BCUT2D eigenvalue weighted by atomic mass is 9.93. The first-order chi connectivity index (χ1) is 10.3. The zero-order chi connectivity index (χ0) is 14.5. The molecule has 1 aromatic heterocycles. The van der Waals surface area contributed by atoms with Crippen molar-refractivity contribution in [2.24, 2.45) is 5.92 Å². The van der Waals surface area contributed by atoms with Gasteiger partial charge in [0.2, 0.25) is 0 Å². The van der Waals surface area contributed by atoms with E-state index in [2.05, 4.69) is 22.0 Å². The van der Waals surface area contributed by atoms with Crippen molar-refractivity contribution in [1.82, 2.24) is 9.78 Å². The Kier molecular flexibility index (Phi) is 5.10. The van der Waals surface area contributed by atoms with Gasteiger partial charge in [-0.05, 0) is 31.7 Å². The van der Waals surface area contributed by atoms with Crippen LogP contribution in [-0.4, -0.2) is 15.6 Å². The maximum atomic E-state index is 12.5. The van der Waals surface area contributed by atoms with Crippen molar-refractivity contribution < 1.29 is 4.79 Å². The van der Waals surface area contributed by atoms with Gasteiger partial charge in [0.1, 0.15) is 5.78 Å². The van der Waals surface area contributed by atoms with Gasteiger partial charge in [-0.25, -0.2) is 0 Å². The number of aromatic nitrogens is 2. The van der Waals surface area contributed by atoms with Crippen LogP contribution in [0.1, 0.15) is 82.4 Å². The van der Waals surface area contributed by atoms with Crippen LogP contribution in [0.2, 0.25) is 0 Å². The Morgan fingerprint density at radius 3 is 2.33 bits per heavy atom. The average molecular weight is 288 g/mol. The Morgan fingerprint density at radius 2 is 1.62 bits per heavy atom. The topological polar surface area (TPSA) is 34.9 Å². The summed E-state index contributed by atoms with van der Waals surface area (Å²) < 4.78 is 2.12. The Morgan fingerprint density at radius 1 is 1.00 bits per heavy atom. The fourth-order valence-corrected chi connectivity index (χ4v) is 3.94. The van der Waals surface area contributed by atoms with Crippen LogP contribution in [0, 0.1) is 5.92 Å². The van der Waals surface area contributed by atoms with Gasteiger partial charge in [-0.2, -0.15) is 5.10 Å². The van der Waals surface area contributed by atoms with E-state index >= 15 is 0 Å². The summed E-state index contributed by atoms with van der Waals surface area (Å²) >= 11 is 0. The van der Waals surface area contributed by atoms with Crippen molar-refractivity contribution in [2.45, 2.75) is 83.1 Å². The molecule has 0 atom stereocenters. The highest BCUT2D eigenvalue weighted by Crippen LogP contribution is 2.28. The summed E-state index contributed by atoms with van der Waals surface area (Å²) in [7, 11) is 0. The summed E-state index contributed by atoms with van der Waals surface area (Å²) in [5.74, 6) is 0.720. The molecule has 0 bridgehead atoms. The van der Waals surface area contributed by atoms with Crippen LogP contribution in [0.5, 0.6) is 0 Å². The number of rotatable bonds is 4. The van der Waals surface area contributed by atoms with Gasteiger partial charge in [-0.3, -0.25) is 9.48 Å². The van der Waals surface area contributed by atoms with Crippen LogP contribution >= 0.6 is 0 Å². The summed E-state index contributed by atoms with van der Waals surface area (Å²) in [4.78, 5) is 12.5. The van der Waals surface area contributed by atoms with Crippen LogP contribution in [0.15, 0.2) is 12.3 Å². The first-order valence-corrected chi connectivity index (χ1v) is 8.89. The van der Waals surface area contributed by atoms with E-state index in [-0.39, 0.29) is 0 Å². The van der Waals surface area contributed by atoms with Crippen molar-refractivity contribution in [2.75, 3.05) is 0 Å². The maximum Gasteiger partial charge on any atom is 0.141 e. The zero-order valence-corrected chi connectivity index (χ0v) is 13.1. The van der Waals surface area contributed by atoms with Crippen molar-refractivity contribution in [3.05, 3.63) is 18.0 Å². The van der Waals surface area contributed by atoms with Crippen LogP contribution in [0.3, 0.4) is 0 Å². The molecule has 3 nitrogen and oxygen atoms in total. The third-order valence-electron chi connectivity index (χ3n) is 5.28.